The molecule has 2 aromatic rings. The first-order chi connectivity index (χ1) is 11.0. The number of nitrogens with one attached hydrogen (secondary N) is 1. The molecule has 1 heterocycles. The first-order valence-corrected chi connectivity index (χ1v) is 8.34. The Kier molecular flexibility index (Phi) is 5.97. The van der Waals surface area contributed by atoms with Crippen molar-refractivity contribution in [3.05, 3.63) is 29.8 Å². The highest BCUT2D eigenvalue weighted by Crippen LogP contribution is 2.24. The molecule has 0 bridgehead atoms. The van der Waals surface area contributed by atoms with Crippen molar-refractivity contribution in [1.29, 1.82) is 0 Å². The molecule has 0 spiro atoms. The Hall–Kier alpha value is -2.09. The van der Waals surface area contributed by atoms with Crippen LogP contribution in [0.25, 0.3) is 0 Å². The van der Waals surface area contributed by atoms with E-state index in [1.54, 1.807) is 11.8 Å². The van der Waals surface area contributed by atoms with E-state index in [9.17, 15) is 4.79 Å². The molecular weight excluding hydrogens is 314 g/mol. The topological polar surface area (TPSA) is 81.9 Å². The molecule has 0 saturated carbocycles. The third-order valence-electron chi connectivity index (χ3n) is 3.27. The van der Waals surface area contributed by atoms with Crippen molar-refractivity contribution in [2.45, 2.75) is 38.0 Å². The number of methoxy groups -OCH3 is 1. The van der Waals surface area contributed by atoms with E-state index in [2.05, 4.69) is 20.8 Å². The van der Waals surface area contributed by atoms with E-state index in [0.717, 1.165) is 11.3 Å². The number of para-hydroxylation sites is 1. The summed E-state index contributed by atoms with van der Waals surface area (Å²) < 4.78 is 7.02. The zero-order chi connectivity index (χ0) is 16.8. The van der Waals surface area contributed by atoms with E-state index >= 15 is 0 Å². The molecule has 1 aromatic carbocycles. The second-order valence-electron chi connectivity index (χ2n) is 5.32. The van der Waals surface area contributed by atoms with Crippen molar-refractivity contribution in [3.8, 4) is 5.75 Å². The summed E-state index contributed by atoms with van der Waals surface area (Å²) in [5, 5.41) is 15.1. The lowest BCUT2D eigenvalue weighted by Gasteiger charge is -2.17. The van der Waals surface area contributed by atoms with Crippen LogP contribution in [-0.4, -0.2) is 39.0 Å². The summed E-state index contributed by atoms with van der Waals surface area (Å²) in [7, 11) is 1.62. The summed E-state index contributed by atoms with van der Waals surface area (Å²) >= 11 is 1.32. The maximum Gasteiger partial charge on any atom is 0.230 e. The Morgan fingerprint density at radius 1 is 1.35 bits per heavy atom. The number of ether oxygens (including phenoxy) is 1. The number of hydrogen-bond donors (Lipinski definition) is 1. The Labute approximate surface area is 139 Å². The number of aromatic nitrogens is 4. The average molecular weight is 335 g/mol. The highest BCUT2D eigenvalue weighted by atomic mass is 32.2. The Balaban J connectivity index is 1.93. The maximum atomic E-state index is 12.2. The SMILES string of the molecule is COc1ccccc1C(C)NC(=O)CSc1nnnn1C(C)C. The van der Waals surface area contributed by atoms with Crippen molar-refractivity contribution >= 4 is 17.7 Å². The first kappa shape index (κ1) is 17.3. The van der Waals surface area contributed by atoms with Gasteiger partial charge in [0.05, 0.1) is 24.9 Å². The third-order valence-corrected chi connectivity index (χ3v) is 4.20. The smallest absolute Gasteiger partial charge is 0.230 e. The monoisotopic (exact) mass is 335 g/mol. The summed E-state index contributed by atoms with van der Waals surface area (Å²) in [6.07, 6.45) is 0. The van der Waals surface area contributed by atoms with Crippen LogP contribution >= 0.6 is 11.8 Å². The van der Waals surface area contributed by atoms with E-state index in [1.165, 1.54) is 11.8 Å². The first-order valence-electron chi connectivity index (χ1n) is 7.36. The van der Waals surface area contributed by atoms with Crippen molar-refractivity contribution in [2.24, 2.45) is 0 Å². The van der Waals surface area contributed by atoms with Gasteiger partial charge in [0.2, 0.25) is 11.1 Å². The second kappa shape index (κ2) is 7.96. The van der Waals surface area contributed by atoms with Crippen LogP contribution in [0.4, 0.5) is 0 Å². The molecule has 124 valence electrons. The van der Waals surface area contributed by atoms with Gasteiger partial charge < -0.3 is 10.1 Å². The summed E-state index contributed by atoms with van der Waals surface area (Å²) in [5.74, 6) is 0.940. The minimum atomic E-state index is -0.139. The standard InChI is InChI=1S/C15H21N5O2S/c1-10(2)20-15(17-18-19-20)23-9-14(21)16-11(3)12-7-5-6-8-13(12)22-4/h5-8,10-11H,9H2,1-4H3,(H,16,21). The largest absolute Gasteiger partial charge is 0.496 e. The zero-order valence-corrected chi connectivity index (χ0v) is 14.5. The Morgan fingerprint density at radius 3 is 2.78 bits per heavy atom. The van der Waals surface area contributed by atoms with Gasteiger partial charge in [0.25, 0.3) is 0 Å². The molecule has 1 N–H and O–H groups in total. The highest BCUT2D eigenvalue weighted by molar-refractivity contribution is 7.99. The molecule has 7 nitrogen and oxygen atoms in total. The summed E-state index contributed by atoms with van der Waals surface area (Å²) in [6, 6.07) is 7.66. The molecular formula is C15H21N5O2S. The van der Waals surface area contributed by atoms with Crippen molar-refractivity contribution in [1.82, 2.24) is 25.5 Å². The average Bonchev–Trinajstić information content (AvgIpc) is 3.01. The number of amides is 1. The number of rotatable bonds is 7. The van der Waals surface area contributed by atoms with E-state index in [4.69, 9.17) is 4.74 Å². The van der Waals surface area contributed by atoms with E-state index in [1.807, 2.05) is 45.0 Å². The lowest BCUT2D eigenvalue weighted by atomic mass is 10.1. The number of hydrogen-bond acceptors (Lipinski definition) is 6. The minimum absolute atomic E-state index is 0.0771. The number of tetrazole rings is 1. The van der Waals surface area contributed by atoms with Crippen LogP contribution in [0.3, 0.4) is 0 Å². The fourth-order valence-electron chi connectivity index (χ4n) is 2.12. The molecule has 0 aliphatic heterocycles. The van der Waals surface area contributed by atoms with E-state index in [0.29, 0.717) is 5.16 Å². The molecule has 0 saturated heterocycles. The predicted octanol–water partition coefficient (Wildman–Crippen LogP) is 2.23. The van der Waals surface area contributed by atoms with Gasteiger partial charge in [-0.05, 0) is 37.3 Å². The van der Waals surface area contributed by atoms with Gasteiger partial charge in [-0.15, -0.1) is 5.10 Å². The van der Waals surface area contributed by atoms with Crippen LogP contribution in [0, 0.1) is 0 Å². The molecule has 1 unspecified atom stereocenters. The van der Waals surface area contributed by atoms with Gasteiger partial charge in [-0.1, -0.05) is 30.0 Å². The molecule has 2 rings (SSSR count). The maximum absolute atomic E-state index is 12.2. The molecule has 0 fully saturated rings. The van der Waals surface area contributed by atoms with Crippen molar-refractivity contribution in [2.75, 3.05) is 12.9 Å². The van der Waals surface area contributed by atoms with Crippen LogP contribution < -0.4 is 10.1 Å². The molecule has 8 heteroatoms. The van der Waals surface area contributed by atoms with Gasteiger partial charge in [-0.3, -0.25) is 4.79 Å². The predicted molar refractivity (Wildman–Crippen MR) is 88.5 cm³/mol. The lowest BCUT2D eigenvalue weighted by molar-refractivity contribution is -0.119. The van der Waals surface area contributed by atoms with E-state index < -0.39 is 0 Å². The van der Waals surface area contributed by atoms with Gasteiger partial charge in [-0.2, -0.15) is 0 Å². The number of benzene rings is 1. The second-order valence-corrected chi connectivity index (χ2v) is 6.26. The molecule has 0 radical (unpaired) electrons. The normalized spacial score (nSPS) is 12.2. The number of carbonyl (C=O) groups is 1. The zero-order valence-electron chi connectivity index (χ0n) is 13.7. The molecule has 1 atom stereocenters. The number of thioether (sulfide) groups is 1. The third kappa shape index (κ3) is 4.44. The van der Waals surface area contributed by atoms with Gasteiger partial charge in [0, 0.05) is 5.56 Å². The van der Waals surface area contributed by atoms with E-state index in [-0.39, 0.29) is 23.7 Å². The number of carbonyl (C=O) groups excluding carboxylic acids is 1. The summed E-state index contributed by atoms with van der Waals surface area (Å²) in [6.45, 7) is 5.91. The lowest BCUT2D eigenvalue weighted by Crippen LogP contribution is -2.28. The minimum Gasteiger partial charge on any atom is -0.496 e. The fraction of sp³-hybridized carbons (Fsp3) is 0.467. The molecule has 1 amide bonds. The molecule has 1 aromatic heterocycles. The molecule has 0 aliphatic rings. The molecule has 23 heavy (non-hydrogen) atoms. The van der Waals surface area contributed by atoms with Gasteiger partial charge in [0.1, 0.15) is 5.75 Å². The fourth-order valence-corrected chi connectivity index (χ4v) is 2.94. The van der Waals surface area contributed by atoms with Crippen LogP contribution in [0.15, 0.2) is 29.4 Å². The Bertz CT molecular complexity index is 659. The van der Waals surface area contributed by atoms with Gasteiger partial charge in [0.15, 0.2) is 0 Å². The summed E-state index contributed by atoms with van der Waals surface area (Å²) in [4.78, 5) is 12.2. The van der Waals surface area contributed by atoms with Crippen LogP contribution in [-0.2, 0) is 4.79 Å². The highest BCUT2D eigenvalue weighted by Gasteiger charge is 2.16. The van der Waals surface area contributed by atoms with Gasteiger partial charge in [-0.25, -0.2) is 4.68 Å². The van der Waals surface area contributed by atoms with Crippen LogP contribution in [0.2, 0.25) is 0 Å². The van der Waals surface area contributed by atoms with Crippen LogP contribution in [0.1, 0.15) is 38.4 Å². The molecule has 0 aliphatic carbocycles. The van der Waals surface area contributed by atoms with Gasteiger partial charge >= 0.3 is 0 Å². The quantitative estimate of drug-likeness (QED) is 0.782. The van der Waals surface area contributed by atoms with Crippen molar-refractivity contribution in [3.63, 3.8) is 0 Å². The Morgan fingerprint density at radius 2 is 2.09 bits per heavy atom. The van der Waals surface area contributed by atoms with Crippen LogP contribution in [0.5, 0.6) is 5.75 Å². The summed E-state index contributed by atoms with van der Waals surface area (Å²) in [5.41, 5.74) is 0.945. The number of nitrogens with zero attached hydrogens (tertiary/aromatic N) is 4. The van der Waals surface area contributed by atoms with Crippen molar-refractivity contribution < 1.29 is 9.53 Å².